The maximum Gasteiger partial charge on any atom is 0.325 e. The van der Waals surface area contributed by atoms with Gasteiger partial charge in [0.25, 0.3) is 0 Å². The molecule has 124 valence electrons. The predicted molar refractivity (Wildman–Crippen MR) is 88.1 cm³/mol. The van der Waals surface area contributed by atoms with E-state index in [1.54, 1.807) is 14.0 Å². The Morgan fingerprint density at radius 3 is 2.83 bits per heavy atom. The van der Waals surface area contributed by atoms with E-state index in [-0.39, 0.29) is 24.5 Å². The van der Waals surface area contributed by atoms with E-state index in [9.17, 15) is 9.59 Å². The summed E-state index contributed by atoms with van der Waals surface area (Å²) >= 11 is 0. The molecule has 0 bridgehead atoms. The molecule has 1 N–H and O–H groups in total. The van der Waals surface area contributed by atoms with Gasteiger partial charge in [0, 0.05) is 7.11 Å². The number of hydrogen-bond donors (Lipinski definition) is 1. The summed E-state index contributed by atoms with van der Waals surface area (Å²) in [5, 5.41) is 4.84. The molecule has 1 aliphatic rings. The summed E-state index contributed by atoms with van der Waals surface area (Å²) in [7, 11) is 1.70. The molecule has 0 heterocycles. The van der Waals surface area contributed by atoms with Crippen molar-refractivity contribution in [3.8, 4) is 0 Å². The molecule has 5 heteroatoms. The third-order valence-electron chi connectivity index (χ3n) is 3.95. The molecule has 1 aliphatic carbocycles. The van der Waals surface area contributed by atoms with E-state index in [1.165, 1.54) is 0 Å². The zero-order chi connectivity index (χ0) is 16.8. The minimum atomic E-state index is -0.424. The molecule has 0 aromatic heterocycles. The average molecular weight is 317 g/mol. The van der Waals surface area contributed by atoms with Crippen LogP contribution in [0.1, 0.15) is 31.7 Å². The monoisotopic (exact) mass is 317 g/mol. The van der Waals surface area contributed by atoms with E-state index in [0.29, 0.717) is 6.61 Å². The number of carbonyl (C=O) groups excluding carboxylic acids is 2. The van der Waals surface area contributed by atoms with E-state index in [1.807, 2.05) is 25.1 Å². The van der Waals surface area contributed by atoms with Crippen LogP contribution >= 0.6 is 0 Å². The minimum absolute atomic E-state index is 0.0998. The second-order valence-electron chi connectivity index (χ2n) is 5.51. The number of rotatable bonds is 6. The smallest absolute Gasteiger partial charge is 0.325 e. The third-order valence-corrected chi connectivity index (χ3v) is 3.95. The Balaban J connectivity index is 2.08. The summed E-state index contributed by atoms with van der Waals surface area (Å²) in [6.07, 6.45) is 5.15. The molecule has 5 nitrogen and oxygen atoms in total. The van der Waals surface area contributed by atoms with Gasteiger partial charge in [-0.05, 0) is 42.3 Å². The lowest BCUT2D eigenvalue weighted by atomic mass is 9.96. The summed E-state index contributed by atoms with van der Waals surface area (Å²) in [5.41, 5.74) is 0.922. The number of nitrogens with one attached hydrogen (secondary N) is 1. The fraction of sp³-hybridized carbons (Fsp3) is 0.444. The topological polar surface area (TPSA) is 64.6 Å². The van der Waals surface area contributed by atoms with Crippen LogP contribution in [0.15, 0.2) is 18.2 Å². The Bertz CT molecular complexity index is 695. The average Bonchev–Trinajstić information content (AvgIpc) is 2.58. The molecule has 0 aliphatic heterocycles. The first-order valence-electron chi connectivity index (χ1n) is 7.83. The maximum absolute atomic E-state index is 12.2. The number of hydrogen-bond acceptors (Lipinski definition) is 4. The summed E-state index contributed by atoms with van der Waals surface area (Å²) < 4.78 is 10.1. The third kappa shape index (κ3) is 4.42. The van der Waals surface area contributed by atoms with Crippen LogP contribution < -0.4 is 15.8 Å². The molecule has 1 amide bonds. The van der Waals surface area contributed by atoms with Gasteiger partial charge in [-0.25, -0.2) is 0 Å². The van der Waals surface area contributed by atoms with Gasteiger partial charge in [-0.3, -0.25) is 9.59 Å². The van der Waals surface area contributed by atoms with Gasteiger partial charge in [0.2, 0.25) is 5.91 Å². The number of benzene rings is 1. The second kappa shape index (κ2) is 7.92. The number of ether oxygens (including phenoxy) is 2. The van der Waals surface area contributed by atoms with Crippen molar-refractivity contribution in [1.29, 1.82) is 0 Å². The Morgan fingerprint density at radius 1 is 1.35 bits per heavy atom. The van der Waals surface area contributed by atoms with Crippen molar-refractivity contribution in [2.45, 2.75) is 32.3 Å². The zero-order valence-corrected chi connectivity index (χ0v) is 13.8. The van der Waals surface area contributed by atoms with Gasteiger partial charge in [-0.15, -0.1) is 0 Å². The molecule has 0 spiro atoms. The van der Waals surface area contributed by atoms with Crippen LogP contribution in [0.5, 0.6) is 0 Å². The first-order chi connectivity index (χ1) is 11.0. The van der Waals surface area contributed by atoms with E-state index >= 15 is 0 Å². The van der Waals surface area contributed by atoms with E-state index in [4.69, 9.17) is 9.47 Å². The van der Waals surface area contributed by atoms with Gasteiger partial charge in [0.15, 0.2) is 0 Å². The fourth-order valence-corrected chi connectivity index (χ4v) is 2.54. The van der Waals surface area contributed by atoms with Gasteiger partial charge in [0.05, 0.1) is 18.6 Å². The van der Waals surface area contributed by atoms with Gasteiger partial charge < -0.3 is 14.8 Å². The van der Waals surface area contributed by atoms with Crippen molar-refractivity contribution in [1.82, 2.24) is 5.32 Å². The number of methoxy groups -OCH3 is 1. The molecule has 2 rings (SSSR count). The van der Waals surface area contributed by atoms with Gasteiger partial charge in [-0.2, -0.15) is 0 Å². The lowest BCUT2D eigenvalue weighted by Gasteiger charge is -2.15. The van der Waals surface area contributed by atoms with E-state index in [2.05, 4.69) is 17.5 Å². The lowest BCUT2D eigenvalue weighted by Crippen LogP contribution is -2.35. The molecule has 2 atom stereocenters. The van der Waals surface area contributed by atoms with Crippen LogP contribution in [-0.2, 0) is 19.1 Å². The molecule has 23 heavy (non-hydrogen) atoms. The first-order valence-corrected chi connectivity index (χ1v) is 7.83. The summed E-state index contributed by atoms with van der Waals surface area (Å²) in [4.78, 5) is 23.5. The molecule has 0 saturated carbocycles. The van der Waals surface area contributed by atoms with Crippen LogP contribution in [0.25, 0.3) is 12.2 Å². The summed E-state index contributed by atoms with van der Waals surface area (Å²) in [6, 6.07) is 5.96. The quantitative estimate of drug-likeness (QED) is 0.774. The van der Waals surface area contributed by atoms with Crippen LogP contribution in [0.3, 0.4) is 0 Å². The minimum Gasteiger partial charge on any atom is -0.465 e. The maximum atomic E-state index is 12.2. The molecular formula is C18H23NO4. The van der Waals surface area contributed by atoms with E-state index < -0.39 is 5.97 Å². The number of esters is 1. The van der Waals surface area contributed by atoms with Crippen molar-refractivity contribution in [2.24, 2.45) is 0 Å². The van der Waals surface area contributed by atoms with Crippen LogP contribution in [0, 0.1) is 0 Å². The number of carbonyl (C=O) groups is 2. The molecule has 1 aromatic rings. The Morgan fingerprint density at radius 2 is 2.13 bits per heavy atom. The summed E-state index contributed by atoms with van der Waals surface area (Å²) in [6.45, 7) is 3.77. The molecule has 0 saturated heterocycles. The van der Waals surface area contributed by atoms with Crippen molar-refractivity contribution in [3.63, 3.8) is 0 Å². The highest BCUT2D eigenvalue weighted by Gasteiger charge is 2.17. The SMILES string of the molecule is CCOC(=O)CNC(=O)C(C)c1ccc2c(c1)=CCC(OC)C=2. The highest BCUT2D eigenvalue weighted by atomic mass is 16.5. The zero-order valence-electron chi connectivity index (χ0n) is 13.8. The van der Waals surface area contributed by atoms with Crippen molar-refractivity contribution >= 4 is 24.0 Å². The Labute approximate surface area is 136 Å². The standard InChI is InChI=1S/C18H23NO4/c1-4-23-17(20)11-19-18(21)12(2)13-5-6-15-10-16(22-3)8-7-14(15)9-13/h5-7,9-10,12,16H,4,8,11H2,1-3H3,(H,19,21). The molecule has 1 aromatic carbocycles. The Hall–Kier alpha value is -2.14. The first kappa shape index (κ1) is 17.2. The van der Waals surface area contributed by atoms with Gasteiger partial charge in [-0.1, -0.05) is 24.3 Å². The normalized spacial score (nSPS) is 17.3. The van der Waals surface area contributed by atoms with Crippen molar-refractivity contribution < 1.29 is 19.1 Å². The predicted octanol–water partition coefficient (Wildman–Crippen LogP) is 0.449. The second-order valence-corrected chi connectivity index (χ2v) is 5.51. The van der Waals surface area contributed by atoms with E-state index in [0.717, 1.165) is 22.4 Å². The van der Waals surface area contributed by atoms with Gasteiger partial charge >= 0.3 is 5.97 Å². The molecule has 0 fully saturated rings. The number of fused-ring (bicyclic) bond motifs is 1. The Kier molecular flexibility index (Phi) is 5.93. The summed E-state index contributed by atoms with van der Waals surface area (Å²) in [5.74, 6) is -0.942. The highest BCUT2D eigenvalue weighted by molar-refractivity contribution is 5.86. The number of amides is 1. The lowest BCUT2D eigenvalue weighted by molar-refractivity contribution is -0.143. The molecule has 0 radical (unpaired) electrons. The van der Waals surface area contributed by atoms with Crippen LogP contribution in [0.2, 0.25) is 0 Å². The van der Waals surface area contributed by atoms with Crippen molar-refractivity contribution in [2.75, 3.05) is 20.3 Å². The van der Waals surface area contributed by atoms with Crippen molar-refractivity contribution in [3.05, 3.63) is 34.2 Å². The molecule has 2 unspecified atom stereocenters. The van der Waals surface area contributed by atoms with Crippen LogP contribution in [-0.4, -0.2) is 38.2 Å². The van der Waals surface area contributed by atoms with Gasteiger partial charge in [0.1, 0.15) is 6.54 Å². The molecular weight excluding hydrogens is 294 g/mol. The largest absolute Gasteiger partial charge is 0.465 e. The highest BCUT2D eigenvalue weighted by Crippen LogP contribution is 2.13. The fourth-order valence-electron chi connectivity index (χ4n) is 2.54. The van der Waals surface area contributed by atoms with Crippen LogP contribution in [0.4, 0.5) is 0 Å².